The van der Waals surface area contributed by atoms with Crippen LogP contribution in [0.3, 0.4) is 0 Å². The Morgan fingerprint density at radius 1 is 1.38 bits per heavy atom. The maximum atomic E-state index is 12.5. The van der Waals surface area contributed by atoms with Gasteiger partial charge in [0.1, 0.15) is 5.60 Å². The Labute approximate surface area is 144 Å². The number of hydrogen-bond acceptors (Lipinski definition) is 4. The zero-order chi connectivity index (χ0) is 17.5. The van der Waals surface area contributed by atoms with E-state index >= 15 is 0 Å². The molecule has 1 saturated heterocycles. The highest BCUT2D eigenvalue weighted by atomic mass is 16.6. The maximum absolute atomic E-state index is 12.5. The minimum absolute atomic E-state index is 0.252. The van der Waals surface area contributed by atoms with Crippen LogP contribution in [0.1, 0.15) is 44.4 Å². The van der Waals surface area contributed by atoms with E-state index in [1.54, 1.807) is 4.90 Å². The van der Waals surface area contributed by atoms with E-state index in [1.165, 1.54) is 11.1 Å². The molecule has 0 spiro atoms. The fraction of sp³-hybridized carbons (Fsp3) is 0.632. The molecule has 2 aliphatic heterocycles. The summed E-state index contributed by atoms with van der Waals surface area (Å²) in [6, 6.07) is 6.69. The van der Waals surface area contributed by atoms with Crippen molar-refractivity contribution in [1.29, 1.82) is 0 Å². The van der Waals surface area contributed by atoms with Crippen LogP contribution in [0.2, 0.25) is 0 Å². The van der Waals surface area contributed by atoms with Gasteiger partial charge in [0.05, 0.1) is 5.69 Å². The number of nitrogens with two attached hydrogens (primary N) is 1. The Bertz CT molecular complexity index is 624. The van der Waals surface area contributed by atoms with Crippen LogP contribution in [0.25, 0.3) is 0 Å². The van der Waals surface area contributed by atoms with E-state index in [9.17, 15) is 4.79 Å². The molecule has 24 heavy (non-hydrogen) atoms. The van der Waals surface area contributed by atoms with Gasteiger partial charge in [0, 0.05) is 19.1 Å². The van der Waals surface area contributed by atoms with Crippen molar-refractivity contribution >= 4 is 11.8 Å². The molecule has 2 atom stereocenters. The van der Waals surface area contributed by atoms with Gasteiger partial charge >= 0.3 is 6.09 Å². The topological polar surface area (TPSA) is 58.8 Å². The largest absolute Gasteiger partial charge is 0.443 e. The second kappa shape index (κ2) is 6.37. The molecule has 0 saturated carbocycles. The number of amides is 1. The van der Waals surface area contributed by atoms with Crippen LogP contribution in [0, 0.1) is 5.92 Å². The summed E-state index contributed by atoms with van der Waals surface area (Å²) in [6.07, 6.45) is 1.73. The van der Waals surface area contributed by atoms with Crippen LogP contribution in [0.5, 0.6) is 0 Å². The third kappa shape index (κ3) is 3.28. The zero-order valence-electron chi connectivity index (χ0n) is 15.2. The highest BCUT2D eigenvalue weighted by Gasteiger charge is 2.35. The van der Waals surface area contributed by atoms with Crippen molar-refractivity contribution in [3.63, 3.8) is 0 Å². The molecule has 0 bridgehead atoms. The Morgan fingerprint density at radius 2 is 2.12 bits per heavy atom. The molecule has 1 fully saturated rings. The number of hydrogen-bond donors (Lipinski definition) is 1. The van der Waals surface area contributed by atoms with E-state index in [-0.39, 0.29) is 6.09 Å². The van der Waals surface area contributed by atoms with Crippen molar-refractivity contribution in [3.05, 3.63) is 29.3 Å². The number of ether oxygens (including phenoxy) is 1. The minimum Gasteiger partial charge on any atom is -0.443 e. The van der Waals surface area contributed by atoms with Crippen LogP contribution < -0.4 is 10.6 Å². The molecule has 0 aliphatic carbocycles. The predicted octanol–water partition coefficient (Wildman–Crippen LogP) is 2.94. The van der Waals surface area contributed by atoms with E-state index in [0.717, 1.165) is 31.6 Å². The standard InChI is InChI=1S/C19H29N3O2/c1-19(2,3)24-18(23)22-9-8-15-14(6-5-7-16(15)22)17-10-13(11-20)12-21(17)4/h5-7,13,17H,8-12,20H2,1-4H3. The number of anilines is 1. The zero-order valence-corrected chi connectivity index (χ0v) is 15.2. The lowest BCUT2D eigenvalue weighted by atomic mass is 9.94. The molecule has 5 heteroatoms. The summed E-state index contributed by atoms with van der Waals surface area (Å²) >= 11 is 0. The van der Waals surface area contributed by atoms with Gasteiger partial charge in [0.2, 0.25) is 0 Å². The monoisotopic (exact) mass is 331 g/mol. The summed E-state index contributed by atoms with van der Waals surface area (Å²) < 4.78 is 5.56. The van der Waals surface area contributed by atoms with Gasteiger partial charge in [-0.2, -0.15) is 0 Å². The highest BCUT2D eigenvalue weighted by Crippen LogP contribution is 2.40. The van der Waals surface area contributed by atoms with Gasteiger partial charge in [-0.3, -0.25) is 9.80 Å². The number of rotatable bonds is 2. The first-order valence-corrected chi connectivity index (χ1v) is 8.82. The van der Waals surface area contributed by atoms with Crippen molar-refractivity contribution in [1.82, 2.24) is 4.90 Å². The Balaban J connectivity index is 1.86. The summed E-state index contributed by atoms with van der Waals surface area (Å²) in [7, 11) is 2.17. The fourth-order valence-electron chi connectivity index (χ4n) is 3.92. The molecule has 0 radical (unpaired) electrons. The van der Waals surface area contributed by atoms with Crippen molar-refractivity contribution in [2.24, 2.45) is 11.7 Å². The van der Waals surface area contributed by atoms with Crippen LogP contribution >= 0.6 is 0 Å². The molecule has 1 amide bonds. The van der Waals surface area contributed by atoms with E-state index in [4.69, 9.17) is 10.5 Å². The summed E-state index contributed by atoms with van der Waals surface area (Å²) in [4.78, 5) is 16.7. The molecular formula is C19H29N3O2. The summed E-state index contributed by atoms with van der Waals surface area (Å²) in [5, 5.41) is 0. The molecule has 1 aromatic carbocycles. The summed E-state index contributed by atoms with van der Waals surface area (Å²) in [6.45, 7) is 8.18. The first-order valence-electron chi connectivity index (χ1n) is 8.82. The summed E-state index contributed by atoms with van der Waals surface area (Å²) in [5.41, 5.74) is 9.04. The molecule has 5 nitrogen and oxygen atoms in total. The molecule has 2 aliphatic rings. The molecule has 2 unspecified atom stereocenters. The average Bonchev–Trinajstić information content (AvgIpc) is 3.08. The highest BCUT2D eigenvalue weighted by molar-refractivity contribution is 5.91. The molecule has 132 valence electrons. The molecule has 2 N–H and O–H groups in total. The van der Waals surface area contributed by atoms with E-state index < -0.39 is 5.60 Å². The van der Waals surface area contributed by atoms with E-state index in [0.29, 0.717) is 18.5 Å². The van der Waals surface area contributed by atoms with Crippen molar-refractivity contribution in [2.45, 2.75) is 45.3 Å². The average molecular weight is 331 g/mol. The maximum Gasteiger partial charge on any atom is 0.414 e. The van der Waals surface area contributed by atoms with Gasteiger partial charge < -0.3 is 10.5 Å². The molecular weight excluding hydrogens is 302 g/mol. The second-order valence-corrected chi connectivity index (χ2v) is 8.02. The van der Waals surface area contributed by atoms with Gasteiger partial charge in [0.15, 0.2) is 0 Å². The van der Waals surface area contributed by atoms with E-state index in [1.807, 2.05) is 26.8 Å². The Kier molecular flexibility index (Phi) is 4.58. The normalized spacial score (nSPS) is 24.3. The number of fused-ring (bicyclic) bond motifs is 1. The number of carbonyl (C=O) groups excluding carboxylic acids is 1. The van der Waals surface area contributed by atoms with Gasteiger partial charge in [-0.15, -0.1) is 0 Å². The van der Waals surface area contributed by atoms with Crippen LogP contribution in [0.4, 0.5) is 10.5 Å². The van der Waals surface area contributed by atoms with Crippen LogP contribution in [-0.2, 0) is 11.2 Å². The first kappa shape index (κ1) is 17.2. The van der Waals surface area contributed by atoms with Crippen molar-refractivity contribution in [3.8, 4) is 0 Å². The predicted molar refractivity (Wildman–Crippen MR) is 96.3 cm³/mol. The smallest absolute Gasteiger partial charge is 0.414 e. The third-order valence-corrected chi connectivity index (χ3v) is 5.00. The Hall–Kier alpha value is -1.59. The quantitative estimate of drug-likeness (QED) is 0.905. The minimum atomic E-state index is -0.475. The van der Waals surface area contributed by atoms with Gasteiger partial charge in [-0.1, -0.05) is 12.1 Å². The second-order valence-electron chi connectivity index (χ2n) is 8.02. The number of benzene rings is 1. The third-order valence-electron chi connectivity index (χ3n) is 5.00. The van der Waals surface area contributed by atoms with Crippen LogP contribution in [0.15, 0.2) is 18.2 Å². The molecule has 2 heterocycles. The van der Waals surface area contributed by atoms with Gasteiger partial charge in [-0.05, 0) is 70.3 Å². The lowest BCUT2D eigenvalue weighted by Crippen LogP contribution is -2.35. The number of carbonyl (C=O) groups is 1. The number of likely N-dealkylation sites (tertiary alicyclic amines) is 1. The van der Waals surface area contributed by atoms with Crippen molar-refractivity contribution < 1.29 is 9.53 Å². The fourth-order valence-corrected chi connectivity index (χ4v) is 3.92. The van der Waals surface area contributed by atoms with Crippen molar-refractivity contribution in [2.75, 3.05) is 31.6 Å². The molecule has 0 aromatic heterocycles. The molecule has 1 aromatic rings. The Morgan fingerprint density at radius 3 is 2.75 bits per heavy atom. The lowest BCUT2D eigenvalue weighted by Gasteiger charge is -2.26. The lowest BCUT2D eigenvalue weighted by molar-refractivity contribution is 0.0584. The summed E-state index contributed by atoms with van der Waals surface area (Å²) in [5.74, 6) is 0.555. The first-order chi connectivity index (χ1) is 11.3. The van der Waals surface area contributed by atoms with Crippen LogP contribution in [-0.4, -0.2) is 43.3 Å². The van der Waals surface area contributed by atoms with E-state index in [2.05, 4.69) is 24.1 Å². The SMILES string of the molecule is CN1CC(CN)CC1c1cccc2c1CCN2C(=O)OC(C)(C)C. The van der Waals surface area contributed by atoms with Gasteiger partial charge in [0.25, 0.3) is 0 Å². The molecule has 3 rings (SSSR count). The van der Waals surface area contributed by atoms with Gasteiger partial charge in [-0.25, -0.2) is 4.79 Å². The number of nitrogens with zero attached hydrogens (tertiary/aromatic N) is 2.